The minimum atomic E-state index is -0.401. The van der Waals surface area contributed by atoms with Gasteiger partial charge >= 0.3 is 6.09 Å². The monoisotopic (exact) mass is 693 g/mol. The van der Waals surface area contributed by atoms with Crippen molar-refractivity contribution >= 4 is 6.09 Å². The van der Waals surface area contributed by atoms with Crippen LogP contribution in [0.15, 0.2) is 24.3 Å². The first-order valence-corrected chi connectivity index (χ1v) is 21.3. The average molecular weight is 693 g/mol. The lowest BCUT2D eigenvalue weighted by molar-refractivity contribution is -0.0291. The molecule has 0 aliphatic carbocycles. The van der Waals surface area contributed by atoms with Crippen LogP contribution in [0.3, 0.4) is 0 Å². The van der Waals surface area contributed by atoms with Crippen LogP contribution in [0.2, 0.25) is 0 Å². The Morgan fingerprint density at radius 1 is 0.490 bits per heavy atom. The number of allylic oxidation sites excluding steroid dienone is 4. The summed E-state index contributed by atoms with van der Waals surface area (Å²) in [6.07, 6.45) is 45.1. The molecule has 6 nitrogen and oxygen atoms in total. The smallest absolute Gasteiger partial charge is 0.407 e. The van der Waals surface area contributed by atoms with Crippen LogP contribution in [0.5, 0.6) is 0 Å². The highest BCUT2D eigenvalue weighted by atomic mass is 16.6. The highest BCUT2D eigenvalue weighted by Gasteiger charge is 2.15. The minimum Gasteiger partial charge on any atom is -0.441 e. The zero-order chi connectivity index (χ0) is 35.6. The van der Waals surface area contributed by atoms with E-state index in [0.29, 0.717) is 39.5 Å². The molecule has 2 N–H and O–H groups in total. The summed E-state index contributed by atoms with van der Waals surface area (Å²) in [5, 5.41) is 5.82. The third-order valence-corrected chi connectivity index (χ3v) is 9.13. The number of carbonyl (C=O) groups excluding carboxylic acids is 1. The van der Waals surface area contributed by atoms with Gasteiger partial charge in [-0.25, -0.2) is 4.79 Å². The molecule has 0 heterocycles. The van der Waals surface area contributed by atoms with Crippen molar-refractivity contribution in [3.05, 3.63) is 24.3 Å². The molecule has 0 unspecified atom stereocenters. The molecule has 0 aliphatic heterocycles. The molecule has 290 valence electrons. The van der Waals surface area contributed by atoms with E-state index >= 15 is 0 Å². The molecule has 1 amide bonds. The Bertz CT molecular complexity index is 653. The maximum atomic E-state index is 12.2. The lowest BCUT2D eigenvalue weighted by Crippen LogP contribution is -2.36. The van der Waals surface area contributed by atoms with Crippen molar-refractivity contribution in [1.82, 2.24) is 10.6 Å². The maximum Gasteiger partial charge on any atom is 0.407 e. The van der Waals surface area contributed by atoms with Gasteiger partial charge in [0.15, 0.2) is 6.10 Å². The van der Waals surface area contributed by atoms with Crippen molar-refractivity contribution in [2.24, 2.45) is 0 Å². The van der Waals surface area contributed by atoms with Crippen LogP contribution in [0.1, 0.15) is 194 Å². The third kappa shape index (κ3) is 40.9. The molecule has 6 heteroatoms. The van der Waals surface area contributed by atoms with Gasteiger partial charge < -0.3 is 24.8 Å². The Kier molecular flexibility index (Phi) is 41.6. The Labute approximate surface area is 305 Å². The Balaban J connectivity index is 3.82. The van der Waals surface area contributed by atoms with Gasteiger partial charge in [0.2, 0.25) is 0 Å². The van der Waals surface area contributed by atoms with Crippen LogP contribution in [-0.2, 0) is 14.2 Å². The highest BCUT2D eigenvalue weighted by Crippen LogP contribution is 2.12. The van der Waals surface area contributed by atoms with Crippen molar-refractivity contribution in [2.75, 3.05) is 46.6 Å². The van der Waals surface area contributed by atoms with Crippen LogP contribution in [-0.4, -0.2) is 58.8 Å². The predicted octanol–water partition coefficient (Wildman–Crippen LogP) is 12.4. The van der Waals surface area contributed by atoms with Crippen molar-refractivity contribution in [3.8, 4) is 0 Å². The quantitative estimate of drug-likeness (QED) is 0.0494. The first-order chi connectivity index (χ1) is 24.2. The third-order valence-electron chi connectivity index (χ3n) is 9.13. The second-order valence-electron chi connectivity index (χ2n) is 14.1. The Hall–Kier alpha value is -1.37. The zero-order valence-electron chi connectivity index (χ0n) is 33.1. The zero-order valence-corrected chi connectivity index (χ0v) is 33.1. The van der Waals surface area contributed by atoms with Gasteiger partial charge in [-0.1, -0.05) is 154 Å². The SMILES string of the molecule is CCCCCCCC/C=C\CCCCCCCCOCC(COCCCCCCCC/C=C\CCCCCCCC)OC(=O)NCCNC. The molecular formula is C43H84N2O4. The summed E-state index contributed by atoms with van der Waals surface area (Å²) < 4.78 is 17.5. The molecular weight excluding hydrogens is 608 g/mol. The van der Waals surface area contributed by atoms with Crippen LogP contribution < -0.4 is 10.6 Å². The average Bonchev–Trinajstić information content (AvgIpc) is 3.10. The van der Waals surface area contributed by atoms with Crippen LogP contribution in [0.25, 0.3) is 0 Å². The van der Waals surface area contributed by atoms with Crippen LogP contribution in [0, 0.1) is 0 Å². The standard InChI is InChI=1S/C43H84N2O4/c1-4-6-8-10-12-14-16-18-20-22-24-26-28-30-32-34-38-47-40-42(49-43(46)45-37-36-44-3)41-48-39-35-33-31-29-27-25-23-21-19-17-15-13-11-9-7-5-2/h18-21,42,44H,4-17,22-41H2,1-3H3,(H,45,46)/b20-18-,21-19-. The summed E-state index contributed by atoms with van der Waals surface area (Å²) >= 11 is 0. The number of alkyl carbamates (subject to hydrolysis) is 1. The molecule has 0 fully saturated rings. The normalized spacial score (nSPS) is 11.8. The fourth-order valence-corrected chi connectivity index (χ4v) is 5.93. The minimum absolute atomic E-state index is 0.377. The van der Waals surface area contributed by atoms with Crippen LogP contribution in [0.4, 0.5) is 4.79 Å². The van der Waals surface area contributed by atoms with E-state index in [2.05, 4.69) is 48.8 Å². The maximum absolute atomic E-state index is 12.2. The molecule has 0 saturated carbocycles. The van der Waals surface area contributed by atoms with Crippen molar-refractivity contribution < 1.29 is 19.0 Å². The second kappa shape index (κ2) is 42.8. The molecule has 0 atom stereocenters. The number of likely N-dealkylation sites (N-methyl/N-ethyl adjacent to an activating group) is 1. The van der Waals surface area contributed by atoms with E-state index in [4.69, 9.17) is 14.2 Å². The molecule has 0 aromatic heterocycles. The number of ether oxygens (including phenoxy) is 3. The molecule has 0 aromatic carbocycles. The second-order valence-corrected chi connectivity index (χ2v) is 14.1. The lowest BCUT2D eigenvalue weighted by atomic mass is 10.1. The fraction of sp³-hybridized carbons (Fsp3) is 0.884. The largest absolute Gasteiger partial charge is 0.441 e. The van der Waals surface area contributed by atoms with Gasteiger partial charge in [0.25, 0.3) is 0 Å². The van der Waals surface area contributed by atoms with E-state index in [9.17, 15) is 4.79 Å². The fourth-order valence-electron chi connectivity index (χ4n) is 5.93. The van der Waals surface area contributed by atoms with Gasteiger partial charge in [-0.3, -0.25) is 0 Å². The lowest BCUT2D eigenvalue weighted by Gasteiger charge is -2.19. The number of amides is 1. The first-order valence-electron chi connectivity index (χ1n) is 21.3. The Morgan fingerprint density at radius 2 is 0.837 bits per heavy atom. The molecule has 0 spiro atoms. The predicted molar refractivity (Wildman–Crippen MR) is 213 cm³/mol. The van der Waals surface area contributed by atoms with Gasteiger partial charge in [0.05, 0.1) is 13.2 Å². The van der Waals surface area contributed by atoms with Crippen LogP contribution >= 0.6 is 0 Å². The van der Waals surface area contributed by atoms with E-state index in [1.165, 1.54) is 167 Å². The van der Waals surface area contributed by atoms with Crippen molar-refractivity contribution in [1.29, 1.82) is 0 Å². The van der Waals surface area contributed by atoms with E-state index in [-0.39, 0.29) is 6.10 Å². The number of hydrogen-bond donors (Lipinski definition) is 2. The molecule has 0 radical (unpaired) electrons. The topological polar surface area (TPSA) is 68.8 Å². The van der Waals surface area contributed by atoms with E-state index in [1.54, 1.807) is 0 Å². The van der Waals surface area contributed by atoms with Crippen molar-refractivity contribution in [3.63, 3.8) is 0 Å². The van der Waals surface area contributed by atoms with Gasteiger partial charge in [-0.05, 0) is 71.3 Å². The van der Waals surface area contributed by atoms with E-state index in [0.717, 1.165) is 12.8 Å². The van der Waals surface area contributed by atoms with Gasteiger partial charge in [0, 0.05) is 26.3 Å². The summed E-state index contributed by atoms with van der Waals surface area (Å²) in [6, 6.07) is 0. The number of hydrogen-bond acceptors (Lipinski definition) is 5. The highest BCUT2D eigenvalue weighted by molar-refractivity contribution is 5.67. The summed E-state index contributed by atoms with van der Waals surface area (Å²) in [5.74, 6) is 0. The molecule has 0 bridgehead atoms. The number of unbranched alkanes of at least 4 members (excludes halogenated alkanes) is 24. The van der Waals surface area contributed by atoms with Gasteiger partial charge in [0.1, 0.15) is 0 Å². The summed E-state index contributed by atoms with van der Waals surface area (Å²) in [4.78, 5) is 12.2. The number of nitrogens with one attached hydrogen (secondary N) is 2. The number of carbonyl (C=O) groups is 1. The first kappa shape index (κ1) is 47.6. The molecule has 49 heavy (non-hydrogen) atoms. The van der Waals surface area contributed by atoms with E-state index < -0.39 is 6.09 Å². The molecule has 0 aliphatic rings. The number of rotatable bonds is 40. The summed E-state index contributed by atoms with van der Waals surface area (Å²) in [5.41, 5.74) is 0. The molecule has 0 saturated heterocycles. The Morgan fingerprint density at radius 3 is 1.20 bits per heavy atom. The van der Waals surface area contributed by atoms with E-state index in [1.807, 2.05) is 7.05 Å². The van der Waals surface area contributed by atoms with Gasteiger partial charge in [-0.2, -0.15) is 0 Å². The molecule has 0 rings (SSSR count). The summed E-state index contributed by atoms with van der Waals surface area (Å²) in [7, 11) is 1.86. The molecule has 0 aromatic rings. The van der Waals surface area contributed by atoms with Crippen molar-refractivity contribution in [2.45, 2.75) is 200 Å². The summed E-state index contributed by atoms with van der Waals surface area (Å²) in [6.45, 7) is 7.98. The van der Waals surface area contributed by atoms with Gasteiger partial charge in [-0.15, -0.1) is 0 Å².